The van der Waals surface area contributed by atoms with Crippen molar-refractivity contribution in [2.45, 2.75) is 0 Å². The van der Waals surface area contributed by atoms with Gasteiger partial charge in [-0.3, -0.25) is 19.6 Å². The second kappa shape index (κ2) is 22.6. The first-order chi connectivity index (χ1) is 19.0. The van der Waals surface area contributed by atoms with Crippen LogP contribution in [0.3, 0.4) is 0 Å². The van der Waals surface area contributed by atoms with Gasteiger partial charge in [-0.1, -0.05) is 0 Å². The van der Waals surface area contributed by atoms with Gasteiger partial charge in [0.15, 0.2) is 0 Å². The summed E-state index contributed by atoms with van der Waals surface area (Å²) in [4.78, 5) is 57.8. The van der Waals surface area contributed by atoms with Gasteiger partial charge in [0, 0.05) is 97.3 Å². The zero-order chi connectivity index (χ0) is 29.5. The number of rotatable bonds is 10. The van der Waals surface area contributed by atoms with Crippen molar-refractivity contribution < 1.29 is 119 Å². The standard InChI is InChI=1S/C25H36N6O8S.Eu.Na/c32-22(33)15-27-5-6-28(16-23(34)35)8-10-30(18-25(38)39)12-14-31(13-11-29(9-7-27)17-24(36)37)21-3-1-20(2-4-21)26-19-40;;/h1-4H,5-18H2,(H,32,33)(H,34,35)(H,36,37)(H,38,39);;/q;+3;+1/p-4. The Bertz CT molecular complexity index is 1010. The molecule has 1 heterocycles. The number of carboxylic acids is 4. The number of carboxylic acid groups (broad SMARTS) is 4. The molecule has 14 nitrogen and oxygen atoms in total. The van der Waals surface area contributed by atoms with Crippen LogP contribution in [0.5, 0.6) is 0 Å². The summed E-state index contributed by atoms with van der Waals surface area (Å²) < 4.78 is 0. The summed E-state index contributed by atoms with van der Waals surface area (Å²) >= 11 is 4.64. The van der Waals surface area contributed by atoms with E-state index in [0.717, 1.165) is 5.69 Å². The van der Waals surface area contributed by atoms with E-state index in [4.69, 9.17) is 0 Å². The smallest absolute Gasteiger partial charge is 0.549 e. The van der Waals surface area contributed by atoms with Gasteiger partial charge in [-0.05, 0) is 36.5 Å². The molecule has 0 aliphatic carbocycles. The molecule has 0 saturated carbocycles. The van der Waals surface area contributed by atoms with Gasteiger partial charge in [0.25, 0.3) is 0 Å². The van der Waals surface area contributed by atoms with Gasteiger partial charge < -0.3 is 44.5 Å². The molecule has 17 heteroatoms. The summed E-state index contributed by atoms with van der Waals surface area (Å²) in [5.74, 6) is -5.25. The molecular formula is C25H32EuN6NaO8S. The average Bonchev–Trinajstić information content (AvgIpc) is 2.87. The van der Waals surface area contributed by atoms with Gasteiger partial charge in [0.2, 0.25) is 0 Å². The number of carbonyl (C=O) groups is 4. The zero-order valence-electron chi connectivity index (χ0n) is 23.4. The number of hydrogen-bond donors (Lipinski definition) is 0. The van der Waals surface area contributed by atoms with Crippen LogP contribution in [0.1, 0.15) is 0 Å². The summed E-state index contributed by atoms with van der Waals surface area (Å²) in [5, 5.41) is 47.9. The van der Waals surface area contributed by atoms with Gasteiger partial charge in [-0.25, -0.2) is 0 Å². The third-order valence-electron chi connectivity index (χ3n) is 6.37. The Balaban J connectivity index is 0.00000840. The predicted octanol–water partition coefficient (Wildman–Crippen LogP) is -8.55. The minimum absolute atomic E-state index is 0. The van der Waals surface area contributed by atoms with Crippen molar-refractivity contribution in [3.63, 3.8) is 0 Å². The van der Waals surface area contributed by atoms with E-state index in [9.17, 15) is 39.6 Å². The second-order valence-electron chi connectivity index (χ2n) is 9.30. The van der Waals surface area contributed by atoms with E-state index in [1.165, 1.54) is 9.80 Å². The van der Waals surface area contributed by atoms with Gasteiger partial charge in [-0.2, -0.15) is 4.99 Å². The zero-order valence-corrected chi connectivity index (χ0v) is 28.7. The van der Waals surface area contributed by atoms with Crippen LogP contribution in [0.15, 0.2) is 29.3 Å². The summed E-state index contributed by atoms with van der Waals surface area (Å²) in [5.41, 5.74) is 1.36. The first-order valence-electron chi connectivity index (χ1n) is 12.7. The number of carbonyl (C=O) groups excluding carboxylic acids is 4. The van der Waals surface area contributed by atoms with Crippen molar-refractivity contribution in [3.8, 4) is 0 Å². The molecule has 1 aliphatic heterocycles. The van der Waals surface area contributed by atoms with E-state index < -0.39 is 37.0 Å². The Kier molecular flexibility index (Phi) is 22.1. The van der Waals surface area contributed by atoms with Crippen LogP contribution in [0.2, 0.25) is 0 Å². The number of benzene rings is 1. The maximum absolute atomic E-state index is 11.4. The van der Waals surface area contributed by atoms with E-state index in [2.05, 4.69) is 22.4 Å². The molecule has 1 saturated heterocycles. The van der Waals surface area contributed by atoms with Crippen LogP contribution >= 0.6 is 12.2 Å². The minimum atomic E-state index is -1.33. The fourth-order valence-electron chi connectivity index (χ4n) is 4.34. The predicted molar refractivity (Wildman–Crippen MR) is 139 cm³/mol. The van der Waals surface area contributed by atoms with E-state index in [0.29, 0.717) is 18.8 Å². The van der Waals surface area contributed by atoms with Gasteiger partial charge in [-0.15, -0.1) is 0 Å². The first-order valence-corrected chi connectivity index (χ1v) is 13.1. The average molecular weight is 752 g/mol. The molecule has 1 aliphatic rings. The number of nitrogens with zero attached hydrogens (tertiary/aromatic N) is 6. The molecular weight excluding hydrogens is 719 g/mol. The maximum Gasteiger partial charge on any atom is 3.00 e. The van der Waals surface area contributed by atoms with Crippen LogP contribution in [-0.2, 0) is 19.2 Å². The monoisotopic (exact) mass is 752 g/mol. The summed E-state index contributed by atoms with van der Waals surface area (Å²) in [6, 6.07) is 7.07. The summed E-state index contributed by atoms with van der Waals surface area (Å²) in [7, 11) is 0. The molecule has 0 aromatic heterocycles. The Morgan fingerprint density at radius 1 is 0.619 bits per heavy atom. The second-order valence-corrected chi connectivity index (χ2v) is 9.48. The Labute approximate surface area is 313 Å². The quantitative estimate of drug-likeness (QED) is 0.125. The third-order valence-corrected chi connectivity index (χ3v) is 6.46. The fraction of sp³-hybridized carbons (Fsp3) is 0.560. The molecule has 224 valence electrons. The molecule has 0 bridgehead atoms. The van der Waals surface area contributed by atoms with Gasteiger partial charge >= 0.3 is 78.9 Å². The minimum Gasteiger partial charge on any atom is -0.549 e. The Hall–Kier alpha value is -0.876. The first kappa shape index (κ1) is 41.1. The largest absolute Gasteiger partial charge is 3.00 e. The molecule has 42 heavy (non-hydrogen) atoms. The molecule has 0 atom stereocenters. The van der Waals surface area contributed by atoms with E-state index in [-0.39, 0.29) is 144 Å². The fourth-order valence-corrected chi connectivity index (χ4v) is 4.45. The molecule has 0 radical (unpaired) electrons. The van der Waals surface area contributed by atoms with Crippen LogP contribution in [0.25, 0.3) is 0 Å². The summed E-state index contributed by atoms with van der Waals surface area (Å²) in [6.45, 7) is 0.731. The molecule has 2 rings (SSSR count). The van der Waals surface area contributed by atoms with Gasteiger partial charge in [0.1, 0.15) is 0 Å². The topological polar surface area (TPSA) is 189 Å². The number of anilines is 1. The third kappa shape index (κ3) is 17.4. The van der Waals surface area contributed by atoms with Crippen molar-refractivity contribution >= 4 is 52.6 Å². The van der Waals surface area contributed by atoms with Crippen molar-refractivity contribution in [3.05, 3.63) is 24.3 Å². The van der Waals surface area contributed by atoms with Crippen molar-refractivity contribution in [1.29, 1.82) is 0 Å². The Morgan fingerprint density at radius 2 is 0.905 bits per heavy atom. The number of aliphatic carboxylic acids is 4. The molecule has 0 N–H and O–H groups in total. The number of isothiocyanates is 1. The molecule has 1 fully saturated rings. The Morgan fingerprint density at radius 3 is 1.17 bits per heavy atom. The number of hydrogen-bond acceptors (Lipinski definition) is 15. The van der Waals surface area contributed by atoms with Crippen LogP contribution < -0.4 is 54.9 Å². The normalized spacial score (nSPS) is 16.9. The number of aliphatic imine (C=N–C) groups is 1. The molecule has 0 unspecified atom stereocenters. The van der Waals surface area contributed by atoms with Crippen molar-refractivity contribution in [2.24, 2.45) is 4.99 Å². The van der Waals surface area contributed by atoms with E-state index in [1.807, 2.05) is 4.90 Å². The van der Waals surface area contributed by atoms with Crippen LogP contribution in [0, 0.1) is 49.4 Å². The van der Waals surface area contributed by atoms with E-state index >= 15 is 0 Å². The van der Waals surface area contributed by atoms with Gasteiger partial charge in [0.05, 0.1) is 34.7 Å². The summed E-state index contributed by atoms with van der Waals surface area (Å²) in [6.07, 6.45) is 0. The van der Waals surface area contributed by atoms with E-state index in [1.54, 1.807) is 34.1 Å². The van der Waals surface area contributed by atoms with Crippen LogP contribution in [-0.4, -0.2) is 140 Å². The molecule has 0 spiro atoms. The van der Waals surface area contributed by atoms with Crippen LogP contribution in [0.4, 0.5) is 11.4 Å². The van der Waals surface area contributed by atoms with Crippen molar-refractivity contribution in [2.75, 3.05) is 96.5 Å². The van der Waals surface area contributed by atoms with Crippen molar-refractivity contribution in [1.82, 2.24) is 19.6 Å². The molecule has 0 amide bonds. The SMILES string of the molecule is O=C([O-])CN1CCN(CC(=O)[O-])CCN(CC(=O)[O-])CCN(c2ccc(N=C=S)cc2)CCN(CC(=O)[O-])CC1.[Eu+3].[Na+]. The molecule has 1 aromatic rings. The number of thiocarbonyl (C=S) groups is 1. The molecule has 1 aromatic carbocycles. The maximum atomic E-state index is 11.4.